The number of nitrogens with one attached hydrogen (secondary N) is 1. The van der Waals surface area contributed by atoms with E-state index in [0.29, 0.717) is 47.3 Å². The Labute approximate surface area is 225 Å². The van der Waals surface area contributed by atoms with Crippen molar-refractivity contribution in [2.24, 2.45) is 5.10 Å². The Bertz CT molecular complexity index is 1320. The van der Waals surface area contributed by atoms with Crippen LogP contribution in [0.15, 0.2) is 72.4 Å². The third-order valence-corrected chi connectivity index (χ3v) is 5.36. The van der Waals surface area contributed by atoms with Crippen molar-refractivity contribution in [2.75, 3.05) is 20.3 Å². The van der Waals surface area contributed by atoms with Crippen molar-refractivity contribution < 1.29 is 33.6 Å². The first-order valence-electron chi connectivity index (χ1n) is 11.5. The summed E-state index contributed by atoms with van der Waals surface area (Å²) in [4.78, 5) is 23.6. The lowest BCUT2D eigenvalue weighted by Gasteiger charge is -2.14. The van der Waals surface area contributed by atoms with Gasteiger partial charge in [-0.25, -0.2) is 10.2 Å². The Morgan fingerprint density at radius 1 is 1.00 bits per heavy atom. The minimum Gasteiger partial charge on any atom is -0.493 e. The standard InChI is InChI=1S/C28H27ClN2O7/c1-4-12-37-23-11-10-21(15-24(23)35-3)27(32)31-30-16-19-13-22(29)26(25(14-19)36-5-2)38-17-18-6-8-20(9-7-18)28(33)34/h4,6-11,13-16H,1,5,12,17H2,2-3H3,(H,31,32)(H,33,34)/b30-16+. The van der Waals surface area contributed by atoms with Crippen LogP contribution in [0.4, 0.5) is 0 Å². The molecule has 0 aliphatic carbocycles. The van der Waals surface area contributed by atoms with Gasteiger partial charge in [-0.2, -0.15) is 5.10 Å². The van der Waals surface area contributed by atoms with Gasteiger partial charge in [0.1, 0.15) is 13.2 Å². The van der Waals surface area contributed by atoms with Gasteiger partial charge in [0.15, 0.2) is 23.0 Å². The predicted octanol–water partition coefficient (Wildman–Crippen LogP) is 5.35. The lowest BCUT2D eigenvalue weighted by atomic mass is 10.1. The molecule has 10 heteroatoms. The zero-order chi connectivity index (χ0) is 27.5. The summed E-state index contributed by atoms with van der Waals surface area (Å²) < 4.78 is 22.3. The molecule has 2 N–H and O–H groups in total. The van der Waals surface area contributed by atoms with Crippen LogP contribution in [0.25, 0.3) is 0 Å². The van der Waals surface area contributed by atoms with Crippen LogP contribution in [-0.4, -0.2) is 43.5 Å². The quantitative estimate of drug-likeness (QED) is 0.171. The van der Waals surface area contributed by atoms with E-state index in [-0.39, 0.29) is 17.2 Å². The zero-order valence-corrected chi connectivity index (χ0v) is 21.7. The second kappa shape index (κ2) is 13.7. The monoisotopic (exact) mass is 538 g/mol. The highest BCUT2D eigenvalue weighted by molar-refractivity contribution is 6.32. The minimum absolute atomic E-state index is 0.157. The summed E-state index contributed by atoms with van der Waals surface area (Å²) in [7, 11) is 1.48. The first-order chi connectivity index (χ1) is 18.4. The smallest absolute Gasteiger partial charge is 0.335 e. The SMILES string of the molecule is C=CCOc1ccc(C(=O)N/N=C/c2cc(Cl)c(OCc3ccc(C(=O)O)cc3)c(OCC)c2)cc1OC. The predicted molar refractivity (Wildman–Crippen MR) is 144 cm³/mol. The van der Waals surface area contributed by atoms with E-state index in [0.717, 1.165) is 5.56 Å². The van der Waals surface area contributed by atoms with Gasteiger partial charge in [0.25, 0.3) is 5.91 Å². The summed E-state index contributed by atoms with van der Waals surface area (Å²) in [5.41, 5.74) is 4.32. The molecule has 3 rings (SSSR count). The third kappa shape index (κ3) is 7.50. The maximum absolute atomic E-state index is 12.6. The third-order valence-electron chi connectivity index (χ3n) is 5.08. The zero-order valence-electron chi connectivity index (χ0n) is 20.9. The molecule has 198 valence electrons. The fourth-order valence-electron chi connectivity index (χ4n) is 3.27. The Hall–Kier alpha value is -4.50. The Balaban J connectivity index is 1.69. The number of carbonyl (C=O) groups excluding carboxylic acids is 1. The summed E-state index contributed by atoms with van der Waals surface area (Å²) in [5.74, 6) is 0.187. The summed E-state index contributed by atoms with van der Waals surface area (Å²) in [6.07, 6.45) is 3.04. The van der Waals surface area contributed by atoms with Gasteiger partial charge in [-0.15, -0.1) is 0 Å². The van der Waals surface area contributed by atoms with Gasteiger partial charge >= 0.3 is 5.97 Å². The van der Waals surface area contributed by atoms with Gasteiger partial charge in [-0.1, -0.05) is 36.4 Å². The number of methoxy groups -OCH3 is 1. The molecule has 38 heavy (non-hydrogen) atoms. The average molecular weight is 539 g/mol. The fraction of sp³-hybridized carbons (Fsp3) is 0.179. The van der Waals surface area contributed by atoms with Gasteiger partial charge in [-0.3, -0.25) is 4.79 Å². The first-order valence-corrected chi connectivity index (χ1v) is 11.9. The van der Waals surface area contributed by atoms with Crippen molar-refractivity contribution in [3.63, 3.8) is 0 Å². The Morgan fingerprint density at radius 3 is 2.39 bits per heavy atom. The van der Waals surface area contributed by atoms with E-state index in [1.165, 1.54) is 25.5 Å². The fourth-order valence-corrected chi connectivity index (χ4v) is 3.54. The number of amides is 1. The molecule has 0 saturated carbocycles. The minimum atomic E-state index is -1.00. The van der Waals surface area contributed by atoms with Crippen LogP contribution in [0.1, 0.15) is 38.8 Å². The van der Waals surface area contributed by atoms with Crippen molar-refractivity contribution in [1.82, 2.24) is 5.43 Å². The molecule has 0 bridgehead atoms. The first kappa shape index (κ1) is 28.1. The maximum Gasteiger partial charge on any atom is 0.335 e. The van der Waals surface area contributed by atoms with E-state index in [4.69, 9.17) is 35.7 Å². The maximum atomic E-state index is 12.6. The van der Waals surface area contributed by atoms with E-state index < -0.39 is 11.9 Å². The van der Waals surface area contributed by atoms with Crippen molar-refractivity contribution in [2.45, 2.75) is 13.5 Å². The number of nitrogens with zero attached hydrogens (tertiary/aromatic N) is 1. The van der Waals surface area contributed by atoms with Crippen LogP contribution < -0.4 is 24.4 Å². The Kier molecular flexibility index (Phi) is 10.1. The second-order valence-corrected chi connectivity index (χ2v) is 8.13. The highest BCUT2D eigenvalue weighted by Crippen LogP contribution is 2.37. The van der Waals surface area contributed by atoms with Gasteiger partial charge in [0, 0.05) is 5.56 Å². The van der Waals surface area contributed by atoms with E-state index in [1.807, 2.05) is 6.92 Å². The lowest BCUT2D eigenvalue weighted by Crippen LogP contribution is -2.17. The number of hydrazone groups is 1. The molecule has 3 aromatic carbocycles. The average Bonchev–Trinajstić information content (AvgIpc) is 2.91. The van der Waals surface area contributed by atoms with Crippen molar-refractivity contribution in [3.8, 4) is 23.0 Å². The van der Waals surface area contributed by atoms with Gasteiger partial charge in [-0.05, 0) is 60.5 Å². The number of hydrogen-bond acceptors (Lipinski definition) is 7. The number of benzene rings is 3. The topological polar surface area (TPSA) is 116 Å². The van der Waals surface area contributed by atoms with Crippen molar-refractivity contribution in [1.29, 1.82) is 0 Å². The molecule has 0 aliphatic rings. The molecule has 0 radical (unpaired) electrons. The van der Waals surface area contributed by atoms with Crippen LogP contribution in [-0.2, 0) is 6.61 Å². The number of carboxylic acids is 1. The van der Waals surface area contributed by atoms with Gasteiger partial charge in [0.2, 0.25) is 0 Å². The molecule has 0 fully saturated rings. The lowest BCUT2D eigenvalue weighted by molar-refractivity contribution is 0.0696. The molecule has 0 saturated heterocycles. The van der Waals surface area contributed by atoms with Crippen molar-refractivity contribution >= 4 is 29.7 Å². The number of carbonyl (C=O) groups is 2. The van der Waals surface area contributed by atoms with Crippen LogP contribution in [0.3, 0.4) is 0 Å². The molecule has 9 nitrogen and oxygen atoms in total. The molecule has 3 aromatic rings. The molecule has 0 atom stereocenters. The molecule has 0 aromatic heterocycles. The number of rotatable bonds is 13. The van der Waals surface area contributed by atoms with Gasteiger partial charge < -0.3 is 24.1 Å². The van der Waals surface area contributed by atoms with Crippen molar-refractivity contribution in [3.05, 3.63) is 94.5 Å². The van der Waals surface area contributed by atoms with E-state index in [2.05, 4.69) is 17.1 Å². The van der Waals surface area contributed by atoms with Crippen LogP contribution in [0, 0.1) is 0 Å². The molecule has 0 heterocycles. The van der Waals surface area contributed by atoms with Crippen LogP contribution in [0.2, 0.25) is 5.02 Å². The number of carboxylic acid groups (broad SMARTS) is 1. The molecule has 1 amide bonds. The normalized spacial score (nSPS) is 10.6. The summed E-state index contributed by atoms with van der Waals surface area (Å²) in [5, 5.41) is 13.3. The van der Waals surface area contributed by atoms with Gasteiger partial charge in [0.05, 0.1) is 30.5 Å². The van der Waals surface area contributed by atoms with Crippen LogP contribution >= 0.6 is 11.6 Å². The summed E-state index contributed by atoms with van der Waals surface area (Å²) in [6, 6.07) is 14.4. The highest BCUT2D eigenvalue weighted by Gasteiger charge is 2.14. The number of halogens is 1. The molecule has 0 spiro atoms. The Morgan fingerprint density at radius 2 is 1.74 bits per heavy atom. The number of aromatic carboxylic acids is 1. The second-order valence-electron chi connectivity index (χ2n) is 7.72. The number of ether oxygens (including phenoxy) is 4. The molecular weight excluding hydrogens is 512 g/mol. The summed E-state index contributed by atoms with van der Waals surface area (Å²) in [6.45, 7) is 6.26. The molecular formula is C28H27ClN2O7. The number of hydrogen-bond donors (Lipinski definition) is 2. The molecule has 0 aliphatic heterocycles. The highest BCUT2D eigenvalue weighted by atomic mass is 35.5. The van der Waals surface area contributed by atoms with E-state index >= 15 is 0 Å². The molecule has 0 unspecified atom stereocenters. The van der Waals surface area contributed by atoms with E-state index in [1.54, 1.807) is 48.5 Å². The van der Waals surface area contributed by atoms with Crippen LogP contribution in [0.5, 0.6) is 23.0 Å². The van der Waals surface area contributed by atoms with E-state index in [9.17, 15) is 9.59 Å². The largest absolute Gasteiger partial charge is 0.493 e. The summed E-state index contributed by atoms with van der Waals surface area (Å²) >= 11 is 6.46.